The monoisotopic (exact) mass is 364 g/mol. The Labute approximate surface area is 155 Å². The van der Waals surface area contributed by atoms with E-state index in [9.17, 15) is 4.79 Å². The number of fused-ring (bicyclic) bond motifs is 1. The molecule has 0 aliphatic heterocycles. The number of nitrogens with one attached hydrogen (secondary N) is 1. The normalized spacial score (nSPS) is 11.4. The Bertz CT molecular complexity index is 1150. The molecular weight excluding hydrogens is 344 g/mol. The third-order valence-corrected chi connectivity index (χ3v) is 4.61. The number of aryl methyl sites for hydroxylation is 3. The Kier molecular flexibility index (Phi) is 3.98. The molecule has 4 rings (SSSR count). The van der Waals surface area contributed by atoms with Gasteiger partial charge in [-0.2, -0.15) is 15.3 Å². The fraction of sp³-hybridized carbons (Fsp3) is 0.278. The van der Waals surface area contributed by atoms with Crippen LogP contribution in [0.1, 0.15) is 29.9 Å². The lowest BCUT2D eigenvalue weighted by Gasteiger charge is -2.03. The van der Waals surface area contributed by atoms with E-state index in [2.05, 4.69) is 32.3 Å². The summed E-state index contributed by atoms with van der Waals surface area (Å²) < 4.78 is 3.58. The number of carbonyl (C=O) groups is 1. The van der Waals surface area contributed by atoms with E-state index >= 15 is 0 Å². The standard InChI is InChI=1S/C18H20N8O/c1-4-11-8-15(26(5-2)24-11)18-21-17(22-23-18)12-6-10(16(19)27)7-14-13(12)9-20-25(14)3/h6-9H,4-5H2,1-3H3,(H2,19,27)(H,21,22,23). The van der Waals surface area contributed by atoms with Gasteiger partial charge in [-0.3, -0.25) is 19.3 Å². The van der Waals surface area contributed by atoms with Gasteiger partial charge in [-0.25, -0.2) is 4.98 Å². The van der Waals surface area contributed by atoms with Gasteiger partial charge in [0.05, 0.1) is 17.4 Å². The average Bonchev–Trinajstić information content (AvgIpc) is 3.38. The van der Waals surface area contributed by atoms with Gasteiger partial charge in [-0.1, -0.05) is 6.92 Å². The number of H-pyrrole nitrogens is 1. The van der Waals surface area contributed by atoms with E-state index in [1.807, 2.05) is 24.7 Å². The second kappa shape index (κ2) is 6.35. The zero-order valence-corrected chi connectivity index (χ0v) is 15.4. The third kappa shape index (κ3) is 2.77. The first-order valence-corrected chi connectivity index (χ1v) is 8.77. The molecule has 1 aromatic carbocycles. The SMILES string of the molecule is CCc1cc(-c2nc(-c3cc(C(N)=O)cc4c3cnn4C)n[nH]2)n(CC)n1. The highest BCUT2D eigenvalue weighted by Crippen LogP contribution is 2.29. The van der Waals surface area contributed by atoms with Crippen molar-refractivity contribution in [2.75, 3.05) is 0 Å². The molecule has 9 heteroatoms. The fourth-order valence-corrected chi connectivity index (χ4v) is 3.15. The van der Waals surface area contributed by atoms with Crippen molar-refractivity contribution < 1.29 is 4.79 Å². The molecule has 0 aliphatic rings. The molecular formula is C18H20N8O. The maximum Gasteiger partial charge on any atom is 0.248 e. The molecule has 3 N–H and O–H groups in total. The molecule has 0 aliphatic carbocycles. The van der Waals surface area contributed by atoms with Gasteiger partial charge in [0, 0.05) is 30.1 Å². The van der Waals surface area contributed by atoms with Gasteiger partial charge in [0.2, 0.25) is 5.91 Å². The molecule has 1 amide bonds. The molecule has 3 aromatic heterocycles. The number of aromatic nitrogens is 7. The molecule has 27 heavy (non-hydrogen) atoms. The van der Waals surface area contributed by atoms with Crippen LogP contribution in [-0.4, -0.2) is 40.6 Å². The van der Waals surface area contributed by atoms with Crippen molar-refractivity contribution in [1.29, 1.82) is 0 Å². The molecule has 4 aromatic rings. The van der Waals surface area contributed by atoms with Crippen LogP contribution in [0.4, 0.5) is 0 Å². The Hall–Kier alpha value is -3.49. The molecule has 9 nitrogen and oxygen atoms in total. The first-order chi connectivity index (χ1) is 13.0. The third-order valence-electron chi connectivity index (χ3n) is 4.61. The summed E-state index contributed by atoms with van der Waals surface area (Å²) in [7, 11) is 1.81. The van der Waals surface area contributed by atoms with E-state index in [-0.39, 0.29) is 0 Å². The van der Waals surface area contributed by atoms with Crippen LogP contribution >= 0.6 is 0 Å². The Morgan fingerprint density at radius 3 is 2.78 bits per heavy atom. The quantitative estimate of drug-likeness (QED) is 0.560. The van der Waals surface area contributed by atoms with Crippen LogP contribution in [-0.2, 0) is 20.0 Å². The topological polar surface area (TPSA) is 120 Å². The summed E-state index contributed by atoms with van der Waals surface area (Å²) in [5, 5.41) is 17.0. The predicted octanol–water partition coefficient (Wildman–Crippen LogP) is 1.90. The number of carbonyl (C=O) groups excluding carboxylic acids is 1. The van der Waals surface area contributed by atoms with Gasteiger partial charge in [0.1, 0.15) is 5.69 Å². The second-order valence-electron chi connectivity index (χ2n) is 6.29. The van der Waals surface area contributed by atoms with Crippen LogP contribution in [0.25, 0.3) is 33.8 Å². The summed E-state index contributed by atoms with van der Waals surface area (Å²) in [4.78, 5) is 16.4. The van der Waals surface area contributed by atoms with E-state index in [1.165, 1.54) is 0 Å². The molecule has 0 fully saturated rings. The lowest BCUT2D eigenvalue weighted by Crippen LogP contribution is -2.11. The van der Waals surface area contributed by atoms with Gasteiger partial charge < -0.3 is 5.73 Å². The number of nitrogens with two attached hydrogens (primary N) is 1. The van der Waals surface area contributed by atoms with Crippen LogP contribution in [0.15, 0.2) is 24.4 Å². The van der Waals surface area contributed by atoms with Crippen molar-refractivity contribution in [2.45, 2.75) is 26.8 Å². The molecule has 0 saturated heterocycles. The minimum atomic E-state index is -0.508. The number of rotatable bonds is 5. The molecule has 0 saturated carbocycles. The van der Waals surface area contributed by atoms with Crippen LogP contribution in [0.2, 0.25) is 0 Å². The fourth-order valence-electron chi connectivity index (χ4n) is 3.15. The highest BCUT2D eigenvalue weighted by atomic mass is 16.1. The van der Waals surface area contributed by atoms with Gasteiger partial charge in [-0.05, 0) is 31.5 Å². The van der Waals surface area contributed by atoms with Gasteiger partial charge in [-0.15, -0.1) is 0 Å². The summed E-state index contributed by atoms with van der Waals surface area (Å²) in [6.07, 6.45) is 2.58. The molecule has 0 atom stereocenters. The number of amides is 1. The number of benzene rings is 1. The summed E-state index contributed by atoms with van der Waals surface area (Å²) in [6.45, 7) is 4.82. The molecule has 138 valence electrons. The van der Waals surface area contributed by atoms with Crippen molar-refractivity contribution in [3.63, 3.8) is 0 Å². The Morgan fingerprint density at radius 2 is 2.07 bits per heavy atom. The van der Waals surface area contributed by atoms with Crippen LogP contribution in [0.5, 0.6) is 0 Å². The number of nitrogens with zero attached hydrogens (tertiary/aromatic N) is 6. The lowest BCUT2D eigenvalue weighted by atomic mass is 10.1. The summed E-state index contributed by atoms with van der Waals surface area (Å²) in [6, 6.07) is 5.43. The predicted molar refractivity (Wildman–Crippen MR) is 101 cm³/mol. The summed E-state index contributed by atoms with van der Waals surface area (Å²) in [5.41, 5.74) is 9.25. The van der Waals surface area contributed by atoms with Gasteiger partial charge in [0.15, 0.2) is 11.6 Å². The van der Waals surface area contributed by atoms with E-state index in [0.717, 1.165) is 35.3 Å². The summed E-state index contributed by atoms with van der Waals surface area (Å²) >= 11 is 0. The first-order valence-electron chi connectivity index (χ1n) is 8.77. The molecule has 0 bridgehead atoms. The zero-order chi connectivity index (χ0) is 19.1. The van der Waals surface area contributed by atoms with Crippen LogP contribution in [0, 0.1) is 0 Å². The highest BCUT2D eigenvalue weighted by molar-refractivity contribution is 6.02. The van der Waals surface area contributed by atoms with Crippen molar-refractivity contribution in [3.8, 4) is 22.9 Å². The zero-order valence-electron chi connectivity index (χ0n) is 15.4. The first kappa shape index (κ1) is 17.0. The Morgan fingerprint density at radius 1 is 1.26 bits per heavy atom. The van der Waals surface area contributed by atoms with Crippen molar-refractivity contribution in [1.82, 2.24) is 34.7 Å². The maximum absolute atomic E-state index is 11.7. The minimum absolute atomic E-state index is 0.388. The molecule has 0 unspecified atom stereocenters. The minimum Gasteiger partial charge on any atom is -0.366 e. The van der Waals surface area contributed by atoms with E-state index < -0.39 is 5.91 Å². The van der Waals surface area contributed by atoms with Crippen molar-refractivity contribution in [2.24, 2.45) is 12.8 Å². The molecule has 0 radical (unpaired) electrons. The van der Waals surface area contributed by atoms with Crippen LogP contribution < -0.4 is 5.73 Å². The number of primary amides is 1. The van der Waals surface area contributed by atoms with E-state index in [4.69, 9.17) is 5.73 Å². The highest BCUT2D eigenvalue weighted by Gasteiger charge is 2.18. The van der Waals surface area contributed by atoms with Crippen molar-refractivity contribution in [3.05, 3.63) is 35.7 Å². The van der Waals surface area contributed by atoms with E-state index in [0.29, 0.717) is 22.8 Å². The van der Waals surface area contributed by atoms with Crippen LogP contribution in [0.3, 0.4) is 0 Å². The smallest absolute Gasteiger partial charge is 0.248 e. The molecule has 0 spiro atoms. The maximum atomic E-state index is 11.7. The average molecular weight is 364 g/mol. The van der Waals surface area contributed by atoms with Gasteiger partial charge in [0.25, 0.3) is 0 Å². The van der Waals surface area contributed by atoms with Gasteiger partial charge >= 0.3 is 0 Å². The number of hydrogen-bond acceptors (Lipinski definition) is 5. The summed E-state index contributed by atoms with van der Waals surface area (Å²) in [5.74, 6) is 0.598. The van der Waals surface area contributed by atoms with E-state index in [1.54, 1.807) is 23.0 Å². The Balaban J connectivity index is 1.87. The number of aromatic amines is 1. The second-order valence-corrected chi connectivity index (χ2v) is 6.29. The molecule has 3 heterocycles. The largest absolute Gasteiger partial charge is 0.366 e. The van der Waals surface area contributed by atoms with Crippen molar-refractivity contribution >= 4 is 16.8 Å². The lowest BCUT2D eigenvalue weighted by molar-refractivity contribution is 0.100. The number of hydrogen-bond donors (Lipinski definition) is 2.